The van der Waals surface area contributed by atoms with Crippen LogP contribution in [-0.2, 0) is 4.79 Å². The van der Waals surface area contributed by atoms with Gasteiger partial charge in [-0.05, 0) is 19.1 Å². The molecule has 92 valence electrons. The van der Waals surface area contributed by atoms with E-state index in [1.807, 2.05) is 6.07 Å². The molecule has 0 saturated heterocycles. The van der Waals surface area contributed by atoms with Crippen molar-refractivity contribution in [2.45, 2.75) is 13.0 Å². The molecular formula is C12H16N2O3. The van der Waals surface area contributed by atoms with Gasteiger partial charge in [0.05, 0.1) is 13.2 Å². The average Bonchev–Trinajstić information content (AvgIpc) is 2.36. The van der Waals surface area contributed by atoms with Crippen molar-refractivity contribution in [2.24, 2.45) is 0 Å². The zero-order chi connectivity index (χ0) is 12.7. The summed E-state index contributed by atoms with van der Waals surface area (Å²) in [6, 6.07) is 8.35. The Balaban J connectivity index is 2.36. The van der Waals surface area contributed by atoms with E-state index in [0.29, 0.717) is 5.56 Å². The standard InChI is InChI=1S/C12H16N2O3/c1-9(8-15)14-11(16)7-13-12(17)10-5-3-2-4-6-10/h2-6,9,15H,7-8H2,1H3,(H,13,17)(H,14,16)/t9-/m1/s1. The fraction of sp³-hybridized carbons (Fsp3) is 0.333. The fourth-order valence-corrected chi connectivity index (χ4v) is 1.22. The van der Waals surface area contributed by atoms with Crippen LogP contribution < -0.4 is 10.6 Å². The molecular weight excluding hydrogens is 220 g/mol. The van der Waals surface area contributed by atoms with Crippen LogP contribution in [0.3, 0.4) is 0 Å². The molecule has 2 amide bonds. The first-order chi connectivity index (χ1) is 8.13. The van der Waals surface area contributed by atoms with Crippen molar-refractivity contribution < 1.29 is 14.7 Å². The van der Waals surface area contributed by atoms with E-state index in [9.17, 15) is 9.59 Å². The third-order valence-electron chi connectivity index (χ3n) is 2.13. The number of carbonyl (C=O) groups excluding carboxylic acids is 2. The van der Waals surface area contributed by atoms with E-state index in [1.54, 1.807) is 31.2 Å². The number of aliphatic hydroxyl groups is 1. The van der Waals surface area contributed by atoms with Gasteiger partial charge in [-0.15, -0.1) is 0 Å². The molecule has 0 aliphatic carbocycles. The predicted octanol–water partition coefficient (Wildman–Crippen LogP) is -0.0866. The maximum Gasteiger partial charge on any atom is 0.251 e. The number of aliphatic hydroxyl groups excluding tert-OH is 1. The van der Waals surface area contributed by atoms with Gasteiger partial charge in [-0.3, -0.25) is 9.59 Å². The van der Waals surface area contributed by atoms with Crippen molar-refractivity contribution in [3.8, 4) is 0 Å². The Morgan fingerprint density at radius 2 is 1.94 bits per heavy atom. The number of hydrogen-bond donors (Lipinski definition) is 3. The van der Waals surface area contributed by atoms with Gasteiger partial charge < -0.3 is 15.7 Å². The van der Waals surface area contributed by atoms with Crippen LogP contribution in [0.25, 0.3) is 0 Å². The Morgan fingerprint density at radius 1 is 1.29 bits per heavy atom. The van der Waals surface area contributed by atoms with Gasteiger partial charge in [0.25, 0.3) is 5.91 Å². The van der Waals surface area contributed by atoms with Crippen LogP contribution in [0.5, 0.6) is 0 Å². The Bertz CT molecular complexity index is 379. The van der Waals surface area contributed by atoms with Gasteiger partial charge in [0.1, 0.15) is 0 Å². The second kappa shape index (κ2) is 6.65. The number of nitrogens with one attached hydrogen (secondary N) is 2. The summed E-state index contributed by atoms with van der Waals surface area (Å²) in [5, 5.41) is 13.8. The zero-order valence-corrected chi connectivity index (χ0v) is 9.64. The molecule has 3 N–H and O–H groups in total. The molecule has 5 nitrogen and oxygen atoms in total. The van der Waals surface area contributed by atoms with Crippen molar-refractivity contribution >= 4 is 11.8 Å². The molecule has 17 heavy (non-hydrogen) atoms. The molecule has 1 rings (SSSR count). The quantitative estimate of drug-likeness (QED) is 0.668. The van der Waals surface area contributed by atoms with Crippen LogP contribution in [0.2, 0.25) is 0 Å². The molecule has 0 heterocycles. The van der Waals surface area contributed by atoms with Gasteiger partial charge in [-0.1, -0.05) is 18.2 Å². The minimum absolute atomic E-state index is 0.0991. The monoisotopic (exact) mass is 236 g/mol. The van der Waals surface area contributed by atoms with E-state index in [4.69, 9.17) is 5.11 Å². The summed E-state index contributed by atoms with van der Waals surface area (Å²) in [4.78, 5) is 22.9. The Morgan fingerprint density at radius 3 is 2.53 bits per heavy atom. The number of rotatable bonds is 5. The van der Waals surface area contributed by atoms with Gasteiger partial charge in [0.2, 0.25) is 5.91 Å². The molecule has 5 heteroatoms. The third kappa shape index (κ3) is 4.65. The van der Waals surface area contributed by atoms with E-state index in [1.165, 1.54) is 0 Å². The molecule has 0 fully saturated rings. The predicted molar refractivity (Wildman–Crippen MR) is 63.5 cm³/mol. The van der Waals surface area contributed by atoms with Crippen LogP contribution in [0.4, 0.5) is 0 Å². The second-order valence-electron chi connectivity index (χ2n) is 3.70. The SMILES string of the molecule is C[C@H](CO)NC(=O)CNC(=O)c1ccccc1. The van der Waals surface area contributed by atoms with E-state index >= 15 is 0 Å². The number of hydrogen-bond acceptors (Lipinski definition) is 3. The van der Waals surface area contributed by atoms with Crippen molar-refractivity contribution in [1.29, 1.82) is 0 Å². The lowest BCUT2D eigenvalue weighted by Crippen LogP contribution is -2.42. The smallest absolute Gasteiger partial charge is 0.251 e. The molecule has 1 atom stereocenters. The fourth-order valence-electron chi connectivity index (χ4n) is 1.22. The molecule has 0 aliphatic heterocycles. The van der Waals surface area contributed by atoms with E-state index in [-0.39, 0.29) is 31.0 Å². The number of benzene rings is 1. The van der Waals surface area contributed by atoms with Crippen molar-refractivity contribution in [3.05, 3.63) is 35.9 Å². The van der Waals surface area contributed by atoms with Gasteiger partial charge in [0, 0.05) is 11.6 Å². The van der Waals surface area contributed by atoms with Crippen LogP contribution in [-0.4, -0.2) is 36.1 Å². The lowest BCUT2D eigenvalue weighted by molar-refractivity contribution is -0.121. The van der Waals surface area contributed by atoms with Crippen molar-refractivity contribution in [2.75, 3.05) is 13.2 Å². The highest BCUT2D eigenvalue weighted by atomic mass is 16.3. The first-order valence-corrected chi connectivity index (χ1v) is 5.37. The van der Waals surface area contributed by atoms with E-state index in [2.05, 4.69) is 10.6 Å². The molecule has 0 radical (unpaired) electrons. The Kier molecular flexibility index (Phi) is 5.16. The second-order valence-corrected chi connectivity index (χ2v) is 3.70. The minimum atomic E-state index is -0.323. The van der Waals surface area contributed by atoms with Crippen LogP contribution in [0, 0.1) is 0 Å². The molecule has 0 bridgehead atoms. The Labute approximate surface area is 99.8 Å². The highest BCUT2D eigenvalue weighted by Crippen LogP contribution is 1.97. The molecule has 0 aliphatic rings. The highest BCUT2D eigenvalue weighted by molar-refractivity contribution is 5.96. The highest BCUT2D eigenvalue weighted by Gasteiger charge is 2.09. The van der Waals surface area contributed by atoms with Crippen molar-refractivity contribution in [1.82, 2.24) is 10.6 Å². The Hall–Kier alpha value is -1.88. The first kappa shape index (κ1) is 13.2. The molecule has 0 spiro atoms. The largest absolute Gasteiger partial charge is 0.394 e. The maximum atomic E-state index is 11.6. The van der Waals surface area contributed by atoms with Crippen LogP contribution in [0.1, 0.15) is 17.3 Å². The van der Waals surface area contributed by atoms with E-state index in [0.717, 1.165) is 0 Å². The van der Waals surface area contributed by atoms with Crippen molar-refractivity contribution in [3.63, 3.8) is 0 Å². The van der Waals surface area contributed by atoms with Gasteiger partial charge >= 0.3 is 0 Å². The first-order valence-electron chi connectivity index (χ1n) is 5.37. The topological polar surface area (TPSA) is 78.4 Å². The molecule has 1 aromatic carbocycles. The summed E-state index contributed by atoms with van der Waals surface area (Å²) in [5.74, 6) is -0.617. The summed E-state index contributed by atoms with van der Waals surface area (Å²) >= 11 is 0. The lowest BCUT2D eigenvalue weighted by Gasteiger charge is -2.11. The normalized spacial score (nSPS) is 11.6. The van der Waals surface area contributed by atoms with Gasteiger partial charge in [-0.2, -0.15) is 0 Å². The maximum absolute atomic E-state index is 11.6. The van der Waals surface area contributed by atoms with E-state index < -0.39 is 0 Å². The summed E-state index contributed by atoms with van der Waals surface area (Å²) < 4.78 is 0. The molecule has 1 aromatic rings. The average molecular weight is 236 g/mol. The van der Waals surface area contributed by atoms with Gasteiger partial charge in [0.15, 0.2) is 0 Å². The van der Waals surface area contributed by atoms with Crippen LogP contribution in [0.15, 0.2) is 30.3 Å². The molecule has 0 saturated carbocycles. The number of carbonyl (C=O) groups is 2. The number of amides is 2. The zero-order valence-electron chi connectivity index (χ0n) is 9.64. The lowest BCUT2D eigenvalue weighted by atomic mass is 10.2. The molecule has 0 aromatic heterocycles. The third-order valence-corrected chi connectivity index (χ3v) is 2.13. The minimum Gasteiger partial charge on any atom is -0.394 e. The van der Waals surface area contributed by atoms with Crippen LogP contribution >= 0.6 is 0 Å². The van der Waals surface area contributed by atoms with Gasteiger partial charge in [-0.25, -0.2) is 0 Å². The molecule has 0 unspecified atom stereocenters. The summed E-state index contributed by atoms with van der Waals surface area (Å²) in [6.45, 7) is 1.45. The summed E-state index contributed by atoms with van der Waals surface area (Å²) in [5.41, 5.74) is 0.510. The summed E-state index contributed by atoms with van der Waals surface area (Å²) in [6.07, 6.45) is 0. The summed E-state index contributed by atoms with van der Waals surface area (Å²) in [7, 11) is 0.